The van der Waals surface area contributed by atoms with Gasteiger partial charge in [0.1, 0.15) is 11.0 Å². The van der Waals surface area contributed by atoms with E-state index in [-0.39, 0.29) is 0 Å². The van der Waals surface area contributed by atoms with Crippen molar-refractivity contribution in [2.45, 2.75) is 32.3 Å². The lowest BCUT2D eigenvalue weighted by molar-refractivity contribution is 0.0307. The molecule has 1 N–H and O–H groups in total. The van der Waals surface area contributed by atoms with Crippen LogP contribution in [0.25, 0.3) is 10.8 Å². The Labute approximate surface area is 123 Å². The summed E-state index contributed by atoms with van der Waals surface area (Å²) in [5.74, 6) is 1.25. The summed E-state index contributed by atoms with van der Waals surface area (Å²) < 4.78 is 0. The number of halogens is 1. The zero-order chi connectivity index (χ0) is 14.5. The number of nitrogens with zero attached hydrogens (tertiary/aromatic N) is 3. The SMILES string of the molecule is CC(C)c1cnc(N2CC(C)(O)C2)c2cnc(Cl)cc12. The van der Waals surface area contributed by atoms with Gasteiger partial charge in [0, 0.05) is 30.9 Å². The molecule has 2 aromatic rings. The second kappa shape index (κ2) is 4.57. The van der Waals surface area contributed by atoms with Crippen molar-refractivity contribution in [3.63, 3.8) is 0 Å². The van der Waals surface area contributed by atoms with Crippen molar-refractivity contribution < 1.29 is 5.11 Å². The molecular weight excluding hydrogens is 274 g/mol. The van der Waals surface area contributed by atoms with E-state index in [0.717, 1.165) is 16.6 Å². The number of aromatic nitrogens is 2. The second-order valence-electron chi connectivity index (χ2n) is 6.10. The van der Waals surface area contributed by atoms with Crippen LogP contribution in [0.15, 0.2) is 18.5 Å². The predicted octanol–water partition coefficient (Wildman–Crippen LogP) is 2.98. The molecule has 0 aliphatic carbocycles. The quantitative estimate of drug-likeness (QED) is 0.864. The zero-order valence-electron chi connectivity index (χ0n) is 11.9. The molecule has 3 heterocycles. The van der Waals surface area contributed by atoms with Crippen molar-refractivity contribution in [1.82, 2.24) is 9.97 Å². The largest absolute Gasteiger partial charge is 0.386 e. The van der Waals surface area contributed by atoms with Crippen LogP contribution in [0, 0.1) is 0 Å². The number of rotatable bonds is 2. The van der Waals surface area contributed by atoms with Gasteiger partial charge in [-0.1, -0.05) is 25.4 Å². The summed E-state index contributed by atoms with van der Waals surface area (Å²) in [7, 11) is 0. The summed E-state index contributed by atoms with van der Waals surface area (Å²) in [6, 6.07) is 1.90. The van der Waals surface area contributed by atoms with E-state index in [1.165, 1.54) is 5.56 Å². The fourth-order valence-corrected chi connectivity index (χ4v) is 2.91. The molecule has 1 fully saturated rings. The Hall–Kier alpha value is -1.39. The van der Waals surface area contributed by atoms with Crippen LogP contribution in [0.2, 0.25) is 5.15 Å². The van der Waals surface area contributed by atoms with Gasteiger partial charge in [-0.05, 0) is 29.9 Å². The summed E-state index contributed by atoms with van der Waals surface area (Å²) in [5.41, 5.74) is 0.547. The molecule has 5 heteroatoms. The standard InChI is InChI=1S/C15H18ClN3O/c1-9(2)11-5-18-14(19-7-15(3,20)8-19)12-6-17-13(16)4-10(11)12/h4-6,9,20H,7-8H2,1-3H3. The minimum Gasteiger partial charge on any atom is -0.386 e. The zero-order valence-corrected chi connectivity index (χ0v) is 12.6. The Morgan fingerprint density at radius 3 is 2.55 bits per heavy atom. The summed E-state index contributed by atoms with van der Waals surface area (Å²) in [5, 5.41) is 12.5. The van der Waals surface area contributed by atoms with Crippen molar-refractivity contribution in [3.05, 3.63) is 29.2 Å². The maximum atomic E-state index is 9.90. The molecule has 0 bridgehead atoms. The molecule has 3 rings (SSSR count). The van der Waals surface area contributed by atoms with Crippen LogP contribution < -0.4 is 4.90 Å². The molecule has 20 heavy (non-hydrogen) atoms. The van der Waals surface area contributed by atoms with Gasteiger partial charge in [0.15, 0.2) is 0 Å². The van der Waals surface area contributed by atoms with Crippen LogP contribution >= 0.6 is 11.6 Å². The van der Waals surface area contributed by atoms with Gasteiger partial charge in [-0.2, -0.15) is 0 Å². The first kappa shape index (κ1) is 13.6. The molecule has 106 valence electrons. The Morgan fingerprint density at radius 1 is 1.25 bits per heavy atom. The number of pyridine rings is 2. The Bertz CT molecular complexity index is 661. The molecule has 0 aromatic carbocycles. The molecule has 0 unspecified atom stereocenters. The molecule has 0 amide bonds. The van der Waals surface area contributed by atoms with E-state index in [4.69, 9.17) is 11.6 Å². The Balaban J connectivity index is 2.13. The highest BCUT2D eigenvalue weighted by molar-refractivity contribution is 6.30. The van der Waals surface area contributed by atoms with Gasteiger partial charge in [-0.15, -0.1) is 0 Å². The van der Waals surface area contributed by atoms with E-state index in [9.17, 15) is 5.11 Å². The normalized spacial score (nSPS) is 17.6. The summed E-state index contributed by atoms with van der Waals surface area (Å²) >= 11 is 6.04. The highest BCUT2D eigenvalue weighted by Crippen LogP contribution is 2.35. The van der Waals surface area contributed by atoms with Gasteiger partial charge in [0.2, 0.25) is 0 Å². The number of hydrogen-bond acceptors (Lipinski definition) is 4. The third-order valence-corrected chi connectivity index (χ3v) is 3.94. The maximum Gasteiger partial charge on any atom is 0.138 e. The molecule has 0 radical (unpaired) electrons. The van der Waals surface area contributed by atoms with Gasteiger partial charge in [0.25, 0.3) is 0 Å². The van der Waals surface area contributed by atoms with Crippen LogP contribution in [0.3, 0.4) is 0 Å². The summed E-state index contributed by atoms with van der Waals surface area (Å²) in [6.45, 7) is 7.30. The monoisotopic (exact) mass is 291 g/mol. The summed E-state index contributed by atoms with van der Waals surface area (Å²) in [4.78, 5) is 10.8. The number of hydrogen-bond donors (Lipinski definition) is 1. The Kier molecular flexibility index (Phi) is 3.10. The van der Waals surface area contributed by atoms with Gasteiger partial charge in [-0.3, -0.25) is 0 Å². The second-order valence-corrected chi connectivity index (χ2v) is 6.48. The fourth-order valence-electron chi connectivity index (χ4n) is 2.75. The van der Waals surface area contributed by atoms with Crippen LogP contribution in [0.1, 0.15) is 32.3 Å². The lowest BCUT2D eigenvalue weighted by Gasteiger charge is -2.45. The van der Waals surface area contributed by atoms with Crippen molar-refractivity contribution in [2.24, 2.45) is 0 Å². The van der Waals surface area contributed by atoms with Crippen LogP contribution in [-0.2, 0) is 0 Å². The average Bonchev–Trinajstić information content (AvgIpc) is 2.34. The highest BCUT2D eigenvalue weighted by Gasteiger charge is 2.38. The first-order valence-electron chi connectivity index (χ1n) is 6.79. The molecule has 1 aliphatic rings. The van der Waals surface area contributed by atoms with Crippen molar-refractivity contribution in [2.75, 3.05) is 18.0 Å². The molecule has 2 aromatic heterocycles. The molecule has 0 spiro atoms. The smallest absolute Gasteiger partial charge is 0.138 e. The van der Waals surface area contributed by atoms with Gasteiger partial charge < -0.3 is 10.0 Å². The van der Waals surface area contributed by atoms with E-state index in [0.29, 0.717) is 24.2 Å². The molecule has 4 nitrogen and oxygen atoms in total. The number of fused-ring (bicyclic) bond motifs is 1. The van der Waals surface area contributed by atoms with Crippen molar-refractivity contribution in [3.8, 4) is 0 Å². The van der Waals surface area contributed by atoms with E-state index >= 15 is 0 Å². The minimum absolute atomic E-state index is 0.372. The topological polar surface area (TPSA) is 49.2 Å². The van der Waals surface area contributed by atoms with Gasteiger partial charge in [-0.25, -0.2) is 9.97 Å². The van der Waals surface area contributed by atoms with Crippen LogP contribution in [-0.4, -0.2) is 33.8 Å². The molecule has 0 saturated carbocycles. The van der Waals surface area contributed by atoms with Crippen molar-refractivity contribution in [1.29, 1.82) is 0 Å². The van der Waals surface area contributed by atoms with Gasteiger partial charge in [0.05, 0.1) is 5.60 Å². The third kappa shape index (κ3) is 2.23. The lowest BCUT2D eigenvalue weighted by atomic mass is 9.95. The number of β-amino-alcohol motifs (C(OH)–C–C–N with tert-alkyl or cyclic N) is 1. The molecule has 1 aliphatic heterocycles. The predicted molar refractivity (Wildman–Crippen MR) is 81.5 cm³/mol. The minimum atomic E-state index is -0.620. The van der Waals surface area contributed by atoms with Crippen molar-refractivity contribution >= 4 is 28.2 Å². The fraction of sp³-hybridized carbons (Fsp3) is 0.467. The summed E-state index contributed by atoms with van der Waals surface area (Å²) in [6.07, 6.45) is 3.69. The third-order valence-electron chi connectivity index (χ3n) is 3.73. The molecule has 0 atom stereocenters. The van der Waals surface area contributed by atoms with Crippen LogP contribution in [0.5, 0.6) is 0 Å². The van der Waals surface area contributed by atoms with Crippen LogP contribution in [0.4, 0.5) is 5.82 Å². The lowest BCUT2D eigenvalue weighted by Crippen LogP contribution is -2.60. The number of aliphatic hydroxyl groups is 1. The molecule has 1 saturated heterocycles. The van der Waals surface area contributed by atoms with Gasteiger partial charge >= 0.3 is 0 Å². The Morgan fingerprint density at radius 2 is 1.95 bits per heavy atom. The van der Waals surface area contributed by atoms with E-state index in [1.54, 1.807) is 6.20 Å². The van der Waals surface area contributed by atoms with E-state index < -0.39 is 5.60 Å². The molecular formula is C15H18ClN3O. The average molecular weight is 292 g/mol. The highest BCUT2D eigenvalue weighted by atomic mass is 35.5. The first-order valence-corrected chi connectivity index (χ1v) is 7.17. The first-order chi connectivity index (χ1) is 9.37. The van der Waals surface area contributed by atoms with E-state index in [1.807, 2.05) is 19.2 Å². The maximum absolute atomic E-state index is 9.90. The number of anilines is 1. The van der Waals surface area contributed by atoms with E-state index in [2.05, 4.69) is 28.7 Å².